The van der Waals surface area contributed by atoms with Crippen molar-refractivity contribution in [1.29, 1.82) is 0 Å². The molecule has 0 fully saturated rings. The summed E-state index contributed by atoms with van der Waals surface area (Å²) >= 11 is 0. The van der Waals surface area contributed by atoms with Crippen molar-refractivity contribution in [2.45, 2.75) is 26.7 Å². The Labute approximate surface area is 149 Å². The van der Waals surface area contributed by atoms with Crippen molar-refractivity contribution in [3.8, 4) is 11.1 Å². The molecule has 0 aromatic heterocycles. The van der Waals surface area contributed by atoms with Crippen LogP contribution in [0.2, 0.25) is 0 Å². The summed E-state index contributed by atoms with van der Waals surface area (Å²) in [6.07, 6.45) is 0. The minimum atomic E-state index is -0.0557. The highest BCUT2D eigenvalue weighted by Crippen LogP contribution is 2.24. The first-order valence-corrected chi connectivity index (χ1v) is 8.62. The van der Waals surface area contributed by atoms with E-state index in [0.717, 1.165) is 27.9 Å². The Morgan fingerprint density at radius 3 is 2.12 bits per heavy atom. The molecular weight excluding hydrogens is 306 g/mol. The summed E-state index contributed by atoms with van der Waals surface area (Å²) in [6, 6.07) is 24.2. The monoisotopic (exact) mass is 329 g/mol. The third kappa shape index (κ3) is 3.97. The highest BCUT2D eigenvalue weighted by Gasteiger charge is 2.14. The maximum atomic E-state index is 12.7. The molecule has 0 bridgehead atoms. The summed E-state index contributed by atoms with van der Waals surface area (Å²) in [4.78, 5) is 12.7. The minimum absolute atomic E-state index is 0.0557. The Hall–Kier alpha value is -2.87. The number of rotatable bonds is 4. The van der Waals surface area contributed by atoms with Crippen LogP contribution in [0.4, 0.5) is 5.69 Å². The van der Waals surface area contributed by atoms with Crippen LogP contribution in [-0.4, -0.2) is 5.91 Å². The van der Waals surface area contributed by atoms with Crippen LogP contribution in [0.3, 0.4) is 0 Å². The van der Waals surface area contributed by atoms with E-state index in [0.29, 0.717) is 5.92 Å². The lowest BCUT2D eigenvalue weighted by Crippen LogP contribution is -2.15. The lowest BCUT2D eigenvalue weighted by atomic mass is 9.95. The number of nitrogens with one attached hydrogen (secondary N) is 1. The molecule has 0 aliphatic heterocycles. The Bertz CT molecular complexity index is 864. The Balaban J connectivity index is 1.81. The van der Waals surface area contributed by atoms with Crippen LogP contribution < -0.4 is 5.32 Å². The first-order chi connectivity index (χ1) is 12.0. The molecule has 0 aliphatic rings. The molecule has 0 saturated carbocycles. The third-order valence-corrected chi connectivity index (χ3v) is 4.33. The smallest absolute Gasteiger partial charge is 0.255 e. The van der Waals surface area contributed by atoms with Gasteiger partial charge in [0.05, 0.1) is 0 Å². The van der Waals surface area contributed by atoms with Gasteiger partial charge in [-0.2, -0.15) is 0 Å². The maximum absolute atomic E-state index is 12.7. The molecule has 0 heterocycles. The molecule has 0 radical (unpaired) electrons. The van der Waals surface area contributed by atoms with Gasteiger partial charge in [-0.05, 0) is 47.7 Å². The van der Waals surface area contributed by atoms with Gasteiger partial charge in [0.2, 0.25) is 0 Å². The highest BCUT2D eigenvalue weighted by atomic mass is 16.1. The van der Waals surface area contributed by atoms with E-state index in [2.05, 4.69) is 37.4 Å². The lowest BCUT2D eigenvalue weighted by molar-refractivity contribution is 0.102. The van der Waals surface area contributed by atoms with Crippen molar-refractivity contribution in [3.63, 3.8) is 0 Å². The van der Waals surface area contributed by atoms with Gasteiger partial charge in [-0.25, -0.2) is 0 Å². The molecule has 2 nitrogen and oxygen atoms in total. The predicted octanol–water partition coefficient (Wildman–Crippen LogP) is 6.04. The zero-order chi connectivity index (χ0) is 17.8. The molecule has 0 saturated heterocycles. The summed E-state index contributed by atoms with van der Waals surface area (Å²) in [5.74, 6) is 0.252. The second kappa shape index (κ2) is 7.35. The van der Waals surface area contributed by atoms with Crippen molar-refractivity contribution in [2.75, 3.05) is 5.32 Å². The summed E-state index contributed by atoms with van der Waals surface area (Å²) < 4.78 is 0. The van der Waals surface area contributed by atoms with Gasteiger partial charge in [0.1, 0.15) is 0 Å². The quantitative estimate of drug-likeness (QED) is 0.621. The Morgan fingerprint density at radius 2 is 1.48 bits per heavy atom. The zero-order valence-electron chi connectivity index (χ0n) is 14.9. The van der Waals surface area contributed by atoms with Gasteiger partial charge in [0.15, 0.2) is 0 Å². The summed E-state index contributed by atoms with van der Waals surface area (Å²) in [5, 5.41) is 3.02. The SMILES string of the molecule is Cc1ccc(C(C)C)c(C(=O)Nc2ccc(-c3ccccc3)cc2)c1. The summed E-state index contributed by atoms with van der Waals surface area (Å²) in [6.45, 7) is 6.22. The van der Waals surface area contributed by atoms with E-state index in [-0.39, 0.29) is 5.91 Å². The average molecular weight is 329 g/mol. The number of carbonyl (C=O) groups excluding carboxylic acids is 1. The average Bonchev–Trinajstić information content (AvgIpc) is 2.62. The van der Waals surface area contributed by atoms with Gasteiger partial charge in [-0.3, -0.25) is 4.79 Å². The number of anilines is 1. The lowest BCUT2D eigenvalue weighted by Gasteiger charge is -2.14. The summed E-state index contributed by atoms with van der Waals surface area (Å²) in [7, 11) is 0. The first-order valence-electron chi connectivity index (χ1n) is 8.62. The molecule has 3 rings (SSSR count). The third-order valence-electron chi connectivity index (χ3n) is 4.33. The van der Waals surface area contributed by atoms with Crippen molar-refractivity contribution >= 4 is 11.6 Å². The second-order valence-electron chi connectivity index (χ2n) is 6.64. The molecule has 0 atom stereocenters. The molecule has 1 amide bonds. The summed E-state index contributed by atoms with van der Waals surface area (Å²) in [5.41, 5.74) is 6.03. The van der Waals surface area contributed by atoms with Crippen LogP contribution in [0.1, 0.15) is 41.3 Å². The van der Waals surface area contributed by atoms with Gasteiger partial charge in [-0.15, -0.1) is 0 Å². The number of hydrogen-bond acceptors (Lipinski definition) is 1. The fourth-order valence-electron chi connectivity index (χ4n) is 2.95. The van der Waals surface area contributed by atoms with Gasteiger partial charge in [0, 0.05) is 11.3 Å². The number of carbonyl (C=O) groups is 1. The van der Waals surface area contributed by atoms with E-state index in [1.165, 1.54) is 5.56 Å². The van der Waals surface area contributed by atoms with Crippen molar-refractivity contribution in [2.24, 2.45) is 0 Å². The highest BCUT2D eigenvalue weighted by molar-refractivity contribution is 6.05. The van der Waals surface area contributed by atoms with Crippen molar-refractivity contribution in [3.05, 3.63) is 89.5 Å². The standard InChI is InChI=1S/C23H23NO/c1-16(2)21-14-9-17(3)15-22(21)23(25)24-20-12-10-19(11-13-20)18-7-5-4-6-8-18/h4-16H,1-3H3,(H,24,25). The van der Waals surface area contributed by atoms with E-state index in [4.69, 9.17) is 0 Å². The van der Waals surface area contributed by atoms with Crippen molar-refractivity contribution in [1.82, 2.24) is 0 Å². The van der Waals surface area contributed by atoms with Crippen LogP contribution >= 0.6 is 0 Å². The van der Waals surface area contributed by atoms with Crippen LogP contribution in [0, 0.1) is 6.92 Å². The molecule has 0 unspecified atom stereocenters. The molecular formula is C23H23NO. The number of aryl methyl sites for hydroxylation is 1. The molecule has 25 heavy (non-hydrogen) atoms. The zero-order valence-corrected chi connectivity index (χ0v) is 14.9. The molecule has 126 valence electrons. The molecule has 2 heteroatoms. The van der Waals surface area contributed by atoms with Gasteiger partial charge in [-0.1, -0.05) is 74.0 Å². The number of hydrogen-bond donors (Lipinski definition) is 1. The van der Waals surface area contributed by atoms with Gasteiger partial charge < -0.3 is 5.32 Å². The normalized spacial score (nSPS) is 10.7. The molecule has 0 spiro atoms. The minimum Gasteiger partial charge on any atom is -0.322 e. The predicted molar refractivity (Wildman–Crippen MR) is 105 cm³/mol. The van der Waals surface area contributed by atoms with E-state index in [1.807, 2.05) is 61.5 Å². The first kappa shape index (κ1) is 17.0. The molecule has 1 N–H and O–H groups in total. The molecule has 0 aliphatic carbocycles. The van der Waals surface area contributed by atoms with E-state index >= 15 is 0 Å². The van der Waals surface area contributed by atoms with E-state index in [9.17, 15) is 4.79 Å². The molecule has 3 aromatic rings. The largest absolute Gasteiger partial charge is 0.322 e. The number of amides is 1. The van der Waals surface area contributed by atoms with Crippen LogP contribution in [0.25, 0.3) is 11.1 Å². The Kier molecular flexibility index (Phi) is 4.99. The fraction of sp³-hybridized carbons (Fsp3) is 0.174. The second-order valence-corrected chi connectivity index (χ2v) is 6.64. The van der Waals surface area contributed by atoms with Crippen LogP contribution in [0.15, 0.2) is 72.8 Å². The Morgan fingerprint density at radius 1 is 0.840 bits per heavy atom. The van der Waals surface area contributed by atoms with E-state index in [1.54, 1.807) is 0 Å². The topological polar surface area (TPSA) is 29.1 Å². The van der Waals surface area contributed by atoms with Crippen molar-refractivity contribution < 1.29 is 4.79 Å². The van der Waals surface area contributed by atoms with E-state index < -0.39 is 0 Å². The molecule has 3 aromatic carbocycles. The van der Waals surface area contributed by atoms with Crippen LogP contribution in [-0.2, 0) is 0 Å². The van der Waals surface area contributed by atoms with Gasteiger partial charge in [0.25, 0.3) is 5.91 Å². The maximum Gasteiger partial charge on any atom is 0.255 e. The van der Waals surface area contributed by atoms with Gasteiger partial charge >= 0.3 is 0 Å². The number of benzene rings is 3. The fourth-order valence-corrected chi connectivity index (χ4v) is 2.95. The van der Waals surface area contributed by atoms with Crippen LogP contribution in [0.5, 0.6) is 0 Å².